The summed E-state index contributed by atoms with van der Waals surface area (Å²) in [5.41, 5.74) is 6.26. The van der Waals surface area contributed by atoms with Crippen molar-refractivity contribution in [3.63, 3.8) is 0 Å². The molecule has 0 amide bonds. The lowest BCUT2D eigenvalue weighted by Gasteiger charge is -2.33. The molecule has 0 heterocycles. The Morgan fingerprint density at radius 3 is 2.33 bits per heavy atom. The number of nitrogens with one attached hydrogen (secondary N) is 1. The van der Waals surface area contributed by atoms with Crippen molar-refractivity contribution in [3.8, 4) is 0 Å². The van der Waals surface area contributed by atoms with Crippen LogP contribution in [0, 0.1) is 5.41 Å². The lowest BCUT2D eigenvalue weighted by atomic mass is 9.76. The quantitative estimate of drug-likeness (QED) is 0.816. The lowest BCUT2D eigenvalue weighted by molar-refractivity contribution is 0.219. The summed E-state index contributed by atoms with van der Waals surface area (Å²) in [5.74, 6) is 0. The molecule has 0 radical (unpaired) electrons. The lowest BCUT2D eigenvalue weighted by Crippen LogP contribution is -2.37. The molecular weight excluding hydrogens is 304 g/mol. The van der Waals surface area contributed by atoms with E-state index in [2.05, 4.69) is 11.6 Å². The van der Waals surface area contributed by atoms with E-state index in [1.807, 2.05) is 0 Å². The molecule has 116 valence electrons. The van der Waals surface area contributed by atoms with E-state index in [0.717, 1.165) is 12.8 Å². The summed E-state index contributed by atoms with van der Waals surface area (Å²) in [4.78, 5) is 0.517. The molecule has 4 nitrogen and oxygen atoms in total. The maximum absolute atomic E-state index is 12.3. The van der Waals surface area contributed by atoms with Crippen molar-refractivity contribution >= 4 is 27.2 Å². The third-order valence-corrected chi connectivity index (χ3v) is 5.85. The standard InChI is InChI=1S/C15H22N2O2S2/c1-15(9-3-2-4-10-15)11-17-21(18,19)13-7-5-12(6-8-13)14(16)20/h5-8,17H,2-4,9-11H2,1H3,(H2,16,20). The van der Waals surface area contributed by atoms with Crippen LogP contribution >= 0.6 is 12.2 Å². The van der Waals surface area contributed by atoms with Gasteiger partial charge in [-0.05, 0) is 30.4 Å². The van der Waals surface area contributed by atoms with E-state index >= 15 is 0 Å². The van der Waals surface area contributed by atoms with Crippen molar-refractivity contribution < 1.29 is 8.42 Å². The van der Waals surface area contributed by atoms with Crippen molar-refractivity contribution in [3.05, 3.63) is 29.8 Å². The van der Waals surface area contributed by atoms with Gasteiger partial charge in [-0.25, -0.2) is 13.1 Å². The zero-order valence-electron chi connectivity index (χ0n) is 12.3. The Morgan fingerprint density at radius 1 is 1.24 bits per heavy atom. The Morgan fingerprint density at radius 2 is 1.81 bits per heavy atom. The van der Waals surface area contributed by atoms with Gasteiger partial charge in [0.2, 0.25) is 10.0 Å². The smallest absolute Gasteiger partial charge is 0.240 e. The van der Waals surface area contributed by atoms with Gasteiger partial charge in [-0.15, -0.1) is 0 Å². The summed E-state index contributed by atoms with van der Waals surface area (Å²) >= 11 is 4.86. The predicted molar refractivity (Wildman–Crippen MR) is 88.7 cm³/mol. The van der Waals surface area contributed by atoms with E-state index in [-0.39, 0.29) is 15.3 Å². The van der Waals surface area contributed by atoms with Crippen LogP contribution in [-0.2, 0) is 10.0 Å². The summed E-state index contributed by atoms with van der Waals surface area (Å²) in [5, 5.41) is 0. The third-order valence-electron chi connectivity index (χ3n) is 4.20. The summed E-state index contributed by atoms with van der Waals surface area (Å²) in [6.45, 7) is 2.65. The molecule has 1 aromatic carbocycles. The molecule has 0 bridgehead atoms. The van der Waals surface area contributed by atoms with Gasteiger partial charge in [0.15, 0.2) is 0 Å². The fourth-order valence-electron chi connectivity index (χ4n) is 2.73. The zero-order chi connectivity index (χ0) is 15.5. The van der Waals surface area contributed by atoms with Crippen molar-refractivity contribution in [1.82, 2.24) is 4.72 Å². The van der Waals surface area contributed by atoms with E-state index < -0.39 is 10.0 Å². The van der Waals surface area contributed by atoms with Crippen LogP contribution in [0.15, 0.2) is 29.2 Å². The van der Waals surface area contributed by atoms with Crippen LogP contribution in [0.5, 0.6) is 0 Å². The van der Waals surface area contributed by atoms with Gasteiger partial charge in [0.25, 0.3) is 0 Å². The largest absolute Gasteiger partial charge is 0.389 e. The van der Waals surface area contributed by atoms with E-state index in [1.54, 1.807) is 24.3 Å². The van der Waals surface area contributed by atoms with Crippen LogP contribution in [0.2, 0.25) is 0 Å². The molecule has 0 aliphatic heterocycles. The first-order valence-electron chi connectivity index (χ1n) is 7.22. The number of nitrogens with two attached hydrogens (primary N) is 1. The Bertz CT molecular complexity index is 603. The van der Waals surface area contributed by atoms with Crippen LogP contribution in [0.4, 0.5) is 0 Å². The Hall–Kier alpha value is -0.980. The minimum absolute atomic E-state index is 0.0735. The molecule has 0 atom stereocenters. The van der Waals surface area contributed by atoms with E-state index in [9.17, 15) is 8.42 Å². The number of rotatable bonds is 5. The molecule has 1 aromatic rings. The summed E-state index contributed by atoms with van der Waals surface area (Å²) in [7, 11) is -3.47. The second-order valence-electron chi connectivity index (χ2n) is 6.08. The molecular formula is C15H22N2O2S2. The highest BCUT2D eigenvalue weighted by Gasteiger charge is 2.28. The number of sulfonamides is 1. The van der Waals surface area contributed by atoms with Crippen LogP contribution in [0.3, 0.4) is 0 Å². The number of benzene rings is 1. The third kappa shape index (κ3) is 4.25. The van der Waals surface area contributed by atoms with Gasteiger partial charge in [0, 0.05) is 12.1 Å². The Balaban J connectivity index is 2.05. The molecule has 0 unspecified atom stereocenters. The van der Waals surface area contributed by atoms with Crippen LogP contribution in [-0.4, -0.2) is 20.0 Å². The first-order valence-corrected chi connectivity index (χ1v) is 9.11. The second-order valence-corrected chi connectivity index (χ2v) is 8.29. The van der Waals surface area contributed by atoms with Crippen molar-refractivity contribution in [2.24, 2.45) is 11.1 Å². The molecule has 6 heteroatoms. The van der Waals surface area contributed by atoms with Gasteiger partial charge in [-0.3, -0.25) is 0 Å². The van der Waals surface area contributed by atoms with E-state index in [1.165, 1.54) is 19.3 Å². The molecule has 0 saturated heterocycles. The topological polar surface area (TPSA) is 72.2 Å². The highest BCUT2D eigenvalue weighted by atomic mass is 32.2. The average molecular weight is 326 g/mol. The van der Waals surface area contributed by atoms with Gasteiger partial charge in [-0.2, -0.15) is 0 Å². The molecule has 1 aliphatic carbocycles. The fraction of sp³-hybridized carbons (Fsp3) is 0.533. The molecule has 0 aromatic heterocycles. The zero-order valence-corrected chi connectivity index (χ0v) is 13.9. The normalized spacial score (nSPS) is 18.3. The Kier molecular flexibility index (Phi) is 5.01. The molecule has 0 spiro atoms. The summed E-state index contributed by atoms with van der Waals surface area (Å²) in [6, 6.07) is 6.36. The van der Waals surface area contributed by atoms with E-state index in [0.29, 0.717) is 12.1 Å². The van der Waals surface area contributed by atoms with Gasteiger partial charge in [0.1, 0.15) is 4.99 Å². The van der Waals surface area contributed by atoms with Gasteiger partial charge >= 0.3 is 0 Å². The minimum atomic E-state index is -3.47. The van der Waals surface area contributed by atoms with Crippen LogP contribution < -0.4 is 10.5 Å². The molecule has 1 aliphatic rings. The SMILES string of the molecule is CC1(CNS(=O)(=O)c2ccc(C(N)=S)cc2)CCCCC1. The number of thiocarbonyl (C=S) groups is 1. The van der Waals surface area contributed by atoms with Gasteiger partial charge in [-0.1, -0.05) is 50.5 Å². The fourth-order valence-corrected chi connectivity index (χ4v) is 4.07. The molecule has 1 saturated carbocycles. The predicted octanol–water partition coefficient (Wildman–Crippen LogP) is 2.57. The van der Waals surface area contributed by atoms with E-state index in [4.69, 9.17) is 18.0 Å². The van der Waals surface area contributed by atoms with Crippen molar-refractivity contribution in [2.75, 3.05) is 6.54 Å². The van der Waals surface area contributed by atoms with Crippen LogP contribution in [0.25, 0.3) is 0 Å². The molecule has 2 rings (SSSR count). The summed E-state index contributed by atoms with van der Waals surface area (Å²) < 4.78 is 27.4. The minimum Gasteiger partial charge on any atom is -0.389 e. The van der Waals surface area contributed by atoms with Crippen molar-refractivity contribution in [1.29, 1.82) is 0 Å². The highest BCUT2D eigenvalue weighted by Crippen LogP contribution is 2.35. The number of hydrogen-bond acceptors (Lipinski definition) is 3. The first kappa shape index (κ1) is 16.4. The Labute approximate surface area is 132 Å². The highest BCUT2D eigenvalue weighted by molar-refractivity contribution is 7.89. The number of hydrogen-bond donors (Lipinski definition) is 2. The maximum Gasteiger partial charge on any atom is 0.240 e. The first-order chi connectivity index (χ1) is 9.82. The average Bonchev–Trinajstić information content (AvgIpc) is 2.46. The van der Waals surface area contributed by atoms with Crippen molar-refractivity contribution in [2.45, 2.75) is 43.9 Å². The monoisotopic (exact) mass is 326 g/mol. The maximum atomic E-state index is 12.3. The second kappa shape index (κ2) is 6.42. The van der Waals surface area contributed by atoms with Gasteiger partial charge < -0.3 is 5.73 Å². The van der Waals surface area contributed by atoms with Gasteiger partial charge in [0.05, 0.1) is 4.90 Å². The molecule has 1 fully saturated rings. The molecule has 21 heavy (non-hydrogen) atoms. The van der Waals surface area contributed by atoms with Crippen LogP contribution in [0.1, 0.15) is 44.6 Å². The summed E-state index contributed by atoms with van der Waals surface area (Å²) in [6.07, 6.45) is 5.77. The molecule has 3 N–H and O–H groups in total.